The molecule has 128 heavy (non-hydrogen) atoms. The molecule has 0 saturated carbocycles. The maximum absolute atomic E-state index is 14.7. The van der Waals surface area contributed by atoms with Gasteiger partial charge in [0.05, 0.1) is 51.0 Å². The predicted molar refractivity (Wildman–Crippen MR) is 421 cm³/mol. The molecule has 0 spiro atoms. The summed E-state index contributed by atoms with van der Waals surface area (Å²) in [7, 11) is -17.9. The Labute approximate surface area is 723 Å². The summed E-state index contributed by atoms with van der Waals surface area (Å²) in [6.07, 6.45) is -14.2. The molecule has 720 valence electrons. The van der Waals surface area contributed by atoms with E-state index in [2.05, 4.69) is 91.0 Å². The molecule has 0 aliphatic carbocycles. The van der Waals surface area contributed by atoms with Crippen LogP contribution in [0, 0.1) is 41.5 Å². The van der Waals surface area contributed by atoms with Crippen molar-refractivity contribution in [2.75, 3.05) is 0 Å². The second-order valence-corrected chi connectivity index (χ2v) is 44.2. The maximum Gasteiger partial charge on any atom is 0.574 e. The number of hydrogen-bond donors (Lipinski definition) is 0. The van der Waals surface area contributed by atoms with Crippen molar-refractivity contribution in [3.8, 4) is 17.6 Å². The Balaban J connectivity index is 0.000000211. The van der Waals surface area contributed by atoms with Crippen LogP contribution in [-0.4, -0.2) is 220 Å². The van der Waals surface area contributed by atoms with Crippen LogP contribution in [0.2, 0.25) is 0 Å². The van der Waals surface area contributed by atoms with Gasteiger partial charge in [0.1, 0.15) is 56.6 Å². The second-order valence-electron chi connectivity index (χ2n) is 32.4. The van der Waals surface area contributed by atoms with Gasteiger partial charge in [0, 0.05) is 68.0 Å². The molecule has 4 atom stereocenters. The first kappa shape index (κ1) is 105. The minimum absolute atomic E-state index is 0.00880. The molecule has 0 aromatic carbocycles. The molecule has 6 aromatic heterocycles. The molecular weight excluding hydrogens is 1880 g/mol. The molecule has 62 heteroatoms. The number of aromatic nitrogens is 15. The zero-order valence-electron chi connectivity index (χ0n) is 72.5. The van der Waals surface area contributed by atoms with E-state index in [4.69, 9.17) is 29.0 Å². The van der Waals surface area contributed by atoms with Gasteiger partial charge in [-0.25, -0.2) is 82.1 Å². The molecule has 6 aliphatic rings. The van der Waals surface area contributed by atoms with Crippen molar-refractivity contribution in [3.05, 3.63) is 67.9 Å². The van der Waals surface area contributed by atoms with E-state index in [1.165, 1.54) is 86.0 Å². The highest BCUT2D eigenvalue weighted by molar-refractivity contribution is 8.08. The summed E-state index contributed by atoms with van der Waals surface area (Å²) in [6.45, 7) is 23.5. The number of sulfone groups is 6. The summed E-state index contributed by atoms with van der Waals surface area (Å²) < 4.78 is 347. The molecule has 0 fully saturated rings. The lowest BCUT2D eigenvalue weighted by Gasteiger charge is -2.18. The van der Waals surface area contributed by atoms with Crippen LogP contribution in [0.4, 0.5) is 61.5 Å². The fourth-order valence-electron chi connectivity index (χ4n) is 11.7. The van der Waals surface area contributed by atoms with E-state index in [9.17, 15) is 112 Å². The van der Waals surface area contributed by atoms with Crippen molar-refractivity contribution in [1.82, 2.24) is 74.3 Å². The smallest absolute Gasteiger partial charge is 0.417 e. The molecule has 0 N–H and O–H groups in total. The topological polar surface area (TPSA) is 508 Å². The Morgan fingerprint density at radius 2 is 0.734 bits per heavy atom. The Morgan fingerprint density at radius 3 is 1.09 bits per heavy atom. The zero-order chi connectivity index (χ0) is 97.9. The minimum atomic E-state index is -5.32. The Kier molecular flexibility index (Phi) is 30.1. The summed E-state index contributed by atoms with van der Waals surface area (Å²) in [4.78, 5) is 33.0. The highest BCUT2D eigenvalue weighted by atomic mass is 32.2. The fraction of sp³-hybridized carbons (Fsp3) is 0.682. The van der Waals surface area contributed by atoms with Gasteiger partial charge < -0.3 is 43.2 Å². The van der Waals surface area contributed by atoms with E-state index in [-0.39, 0.29) is 75.6 Å². The van der Waals surface area contributed by atoms with Crippen molar-refractivity contribution in [1.29, 1.82) is 0 Å². The lowest BCUT2D eigenvalue weighted by atomic mass is 10.1. The van der Waals surface area contributed by atoms with Gasteiger partial charge in [-0.15, -0.1) is 26.3 Å². The van der Waals surface area contributed by atoms with Gasteiger partial charge in [0.15, 0.2) is 43.7 Å². The quantitative estimate of drug-likeness (QED) is 0.0815. The average Bonchev–Trinajstić information content (AvgIpc) is 1.56. The van der Waals surface area contributed by atoms with Crippen molar-refractivity contribution >= 4 is 89.3 Å². The lowest BCUT2D eigenvalue weighted by Crippen LogP contribution is -2.37. The van der Waals surface area contributed by atoms with Crippen molar-refractivity contribution in [3.63, 3.8) is 0 Å². The van der Waals surface area contributed by atoms with Crippen LogP contribution in [0.1, 0.15) is 188 Å². The molecule has 12 heterocycles. The largest absolute Gasteiger partial charge is 0.574 e. The van der Waals surface area contributed by atoms with E-state index in [0.29, 0.717) is 26.4 Å². The average molecular weight is 1970 g/mol. The molecule has 6 aliphatic heterocycles. The summed E-state index contributed by atoms with van der Waals surface area (Å²) in [5.74, 6) is -4.42. The van der Waals surface area contributed by atoms with Crippen LogP contribution in [0.5, 0.6) is 17.6 Å². The van der Waals surface area contributed by atoms with Gasteiger partial charge in [0.2, 0.25) is 82.4 Å². The normalized spacial score (nSPS) is 19.6. The number of alkyl halides is 14. The number of ether oxygens (including phenoxy) is 3. The van der Waals surface area contributed by atoms with E-state index in [0.717, 1.165) is 30.5 Å². The Bertz CT molecular complexity index is 6110. The summed E-state index contributed by atoms with van der Waals surface area (Å²) >= 11 is 0. The van der Waals surface area contributed by atoms with Gasteiger partial charge in [-0.2, -0.15) is 77.8 Å². The van der Waals surface area contributed by atoms with Gasteiger partial charge >= 0.3 is 24.6 Å². The molecular formula is C66H91F14N21O21S6. The van der Waals surface area contributed by atoms with Crippen molar-refractivity contribution in [2.45, 2.75) is 249 Å². The first-order valence-electron chi connectivity index (χ1n) is 36.8. The standard InChI is InChI=1S/3C12H15F4N3O4S.2C10H15FN4O3S.C10H16N4O3S/c1-6-8(9(19(4)17-6)22-10(13)14)12(15,16)24(20,21)7-5-11(2,3)23-18-7;1-6-8(10(19(4)17-6)22-12(14,15)16)9(13)24(20,21)7-5-11(2,3)23-18-7;1-6-7(10(19(4)17-6)22-12(14,15)16)5-24(20,21)9-8(13)11(2,3)23-18-9;1-6-8(13-15(4)12-6)9(11)19(16,17)7-5-10(2,3)18-14-7;1-6-7(13-15(4)12-6)5-19(16,17)9-8(11)10(2,3)18-14-9;1-7-8(12-14(4)11-7)6-18(15,16)9-5-10(2,3)17-13-9/h10H,5H2,1-4H3;9H,5H2,1-4H3;8H,5H2,1-4H3;9H,5H2,1-4H3;8H,5H2,1-4H3;5-6H2,1-4H3. The lowest BCUT2D eigenvalue weighted by molar-refractivity contribution is -0.278. The Hall–Kier alpha value is -10.0. The summed E-state index contributed by atoms with van der Waals surface area (Å²) in [5.41, 5.74) is -12.4. The fourth-order valence-corrected chi connectivity index (χ4v) is 20.7. The SMILES string of the molecule is Cc1nn(C)c(OC(F)(F)F)c1C(F)S(=O)(=O)C1=NOC(C)(C)C1.Cc1nn(C)c(OC(F)(F)F)c1CS(=O)(=O)C1=NOC(C)(C)C1F.Cc1nn(C)c(OC(F)F)c1C(F)(F)S(=O)(=O)C1=NOC(C)(C)C1.Cc1nn(C)nc1C(F)S(=O)(=O)C1=NOC(C)(C)C1.Cc1nn(C)nc1CS(=O)(=O)C1=NOC(C)(C)C1.Cc1nn(C)nc1CS(=O)(=O)C1=NOC(C)(C)C1F. The second kappa shape index (κ2) is 36.7. The van der Waals surface area contributed by atoms with Crippen LogP contribution in [0.25, 0.3) is 0 Å². The molecule has 12 rings (SSSR count). The molecule has 0 radical (unpaired) electrons. The van der Waals surface area contributed by atoms with Crippen LogP contribution >= 0.6 is 0 Å². The monoisotopic (exact) mass is 1970 g/mol. The highest BCUT2D eigenvalue weighted by Crippen LogP contribution is 2.46. The van der Waals surface area contributed by atoms with E-state index in [1.807, 2.05) is 0 Å². The van der Waals surface area contributed by atoms with E-state index in [1.54, 1.807) is 69.5 Å². The third-order valence-electron chi connectivity index (χ3n) is 18.0. The van der Waals surface area contributed by atoms with Gasteiger partial charge in [0.25, 0.3) is 15.3 Å². The number of oxime groups is 6. The van der Waals surface area contributed by atoms with Crippen LogP contribution in [0.3, 0.4) is 0 Å². The number of halogens is 14. The molecule has 4 unspecified atom stereocenters. The number of aryl methyl sites for hydroxylation is 12. The predicted octanol–water partition coefficient (Wildman–Crippen LogP) is 8.90. The Morgan fingerprint density at radius 1 is 0.391 bits per heavy atom. The summed E-state index contributed by atoms with van der Waals surface area (Å²) in [5, 5.41) is 47.0. The number of nitrogens with zero attached hydrogens (tertiary/aromatic N) is 21. The highest BCUT2D eigenvalue weighted by Gasteiger charge is 2.58. The van der Waals surface area contributed by atoms with E-state index >= 15 is 0 Å². The van der Waals surface area contributed by atoms with Crippen molar-refractivity contribution < 1.29 is 155 Å². The van der Waals surface area contributed by atoms with Gasteiger partial charge in [-0.3, -0.25) is 0 Å². The third-order valence-corrected chi connectivity index (χ3v) is 27.8. The first-order valence-corrected chi connectivity index (χ1v) is 46.3. The number of rotatable bonds is 16. The van der Waals surface area contributed by atoms with Crippen molar-refractivity contribution in [2.24, 2.45) is 73.2 Å². The first-order chi connectivity index (χ1) is 57.7. The molecule has 42 nitrogen and oxygen atoms in total. The van der Waals surface area contributed by atoms with Crippen LogP contribution < -0.4 is 14.2 Å². The van der Waals surface area contributed by atoms with Crippen LogP contribution in [-0.2, 0) is 153 Å². The zero-order valence-corrected chi connectivity index (χ0v) is 77.4. The molecule has 0 saturated heterocycles. The summed E-state index contributed by atoms with van der Waals surface area (Å²) in [6, 6.07) is 0. The van der Waals surface area contributed by atoms with Gasteiger partial charge in [-0.05, 0) is 125 Å². The van der Waals surface area contributed by atoms with E-state index < -0.39 is 207 Å². The molecule has 0 amide bonds. The van der Waals surface area contributed by atoms with Gasteiger partial charge in [-0.1, -0.05) is 30.9 Å². The van der Waals surface area contributed by atoms with Crippen LogP contribution in [0.15, 0.2) is 30.9 Å². The minimum Gasteiger partial charge on any atom is -0.417 e. The third kappa shape index (κ3) is 24.5. The number of hydrogen-bond acceptors (Lipinski definition) is 36. The maximum atomic E-state index is 14.7. The molecule has 6 aromatic rings. The molecule has 0 bridgehead atoms.